The first-order chi connectivity index (χ1) is 15.5. The van der Waals surface area contributed by atoms with E-state index in [4.69, 9.17) is 9.47 Å². The summed E-state index contributed by atoms with van der Waals surface area (Å²) in [5, 5.41) is 5.13. The van der Waals surface area contributed by atoms with Gasteiger partial charge in [-0.2, -0.15) is 4.31 Å². The number of hydrogen-bond donors (Lipinski definition) is 1. The number of amides is 1. The summed E-state index contributed by atoms with van der Waals surface area (Å²) in [6, 6.07) is 13.9. The molecule has 168 valence electrons. The van der Waals surface area contributed by atoms with Gasteiger partial charge in [0.05, 0.1) is 37.3 Å². The van der Waals surface area contributed by atoms with Crippen molar-refractivity contribution < 1.29 is 22.7 Å². The lowest BCUT2D eigenvalue weighted by atomic mass is 10.1. The van der Waals surface area contributed by atoms with Crippen LogP contribution in [-0.4, -0.2) is 57.0 Å². The Morgan fingerprint density at radius 2 is 1.81 bits per heavy atom. The van der Waals surface area contributed by atoms with Gasteiger partial charge in [0.1, 0.15) is 5.75 Å². The molecule has 1 N–H and O–H groups in total. The summed E-state index contributed by atoms with van der Waals surface area (Å²) in [5.74, 6) is 0.575. The van der Waals surface area contributed by atoms with Crippen molar-refractivity contribution in [2.45, 2.75) is 11.3 Å². The van der Waals surface area contributed by atoms with E-state index in [0.717, 1.165) is 16.9 Å². The number of aromatic nitrogens is 1. The number of ether oxygens (including phenoxy) is 2. The molecule has 0 aliphatic carbocycles. The van der Waals surface area contributed by atoms with Crippen LogP contribution >= 0.6 is 11.3 Å². The maximum Gasteiger partial charge on any atom is 0.243 e. The fraction of sp³-hybridized carbons (Fsp3) is 0.273. The number of nitrogens with one attached hydrogen (secondary N) is 1. The molecule has 1 amide bonds. The number of carbonyl (C=O) groups excluding carboxylic acids is 1. The Hall–Kier alpha value is -2.79. The van der Waals surface area contributed by atoms with Crippen LogP contribution < -0.4 is 10.1 Å². The number of morpholine rings is 1. The van der Waals surface area contributed by atoms with Crippen LogP contribution in [0.2, 0.25) is 0 Å². The van der Waals surface area contributed by atoms with Gasteiger partial charge in [0.15, 0.2) is 5.13 Å². The third-order valence-electron chi connectivity index (χ3n) is 5.03. The quantitative estimate of drug-likeness (QED) is 0.567. The Kier molecular flexibility index (Phi) is 6.85. The lowest BCUT2D eigenvalue weighted by Crippen LogP contribution is -2.40. The Morgan fingerprint density at radius 3 is 2.47 bits per heavy atom. The van der Waals surface area contributed by atoms with Gasteiger partial charge in [0.25, 0.3) is 0 Å². The lowest BCUT2D eigenvalue weighted by Gasteiger charge is -2.26. The van der Waals surface area contributed by atoms with Gasteiger partial charge in [-0.05, 0) is 29.8 Å². The Bertz CT molecular complexity index is 1170. The molecule has 0 spiro atoms. The van der Waals surface area contributed by atoms with E-state index in [0.29, 0.717) is 37.1 Å². The van der Waals surface area contributed by atoms with E-state index in [1.807, 2.05) is 29.6 Å². The molecule has 10 heteroatoms. The van der Waals surface area contributed by atoms with Gasteiger partial charge < -0.3 is 14.8 Å². The molecule has 2 heterocycles. The SMILES string of the molecule is COc1ccc(CC(=O)Nc2nc(-c3ccc(S(=O)(=O)N4CCOCC4)cc3)cs2)cc1. The molecule has 1 aliphatic rings. The molecule has 3 aromatic rings. The molecular formula is C22H23N3O5S2. The van der Waals surface area contributed by atoms with E-state index < -0.39 is 10.0 Å². The second kappa shape index (κ2) is 9.78. The van der Waals surface area contributed by atoms with Crippen molar-refractivity contribution in [2.75, 3.05) is 38.7 Å². The standard InChI is InChI=1S/C22H23N3O5S2/c1-29-18-6-2-16(3-7-18)14-21(26)24-22-23-20(15-31-22)17-4-8-19(9-5-17)32(27,28)25-10-12-30-13-11-25/h2-9,15H,10-14H2,1H3,(H,23,24,26). The lowest BCUT2D eigenvalue weighted by molar-refractivity contribution is -0.115. The van der Waals surface area contributed by atoms with Crippen molar-refractivity contribution in [3.63, 3.8) is 0 Å². The monoisotopic (exact) mass is 473 g/mol. The molecule has 2 aromatic carbocycles. The van der Waals surface area contributed by atoms with Crippen LogP contribution in [0.15, 0.2) is 58.8 Å². The van der Waals surface area contributed by atoms with Crippen LogP contribution in [0, 0.1) is 0 Å². The number of hydrogen-bond acceptors (Lipinski definition) is 7. The molecule has 1 saturated heterocycles. The molecule has 1 aliphatic heterocycles. The van der Waals surface area contributed by atoms with Gasteiger partial charge in [-0.3, -0.25) is 4.79 Å². The highest BCUT2D eigenvalue weighted by atomic mass is 32.2. The topological polar surface area (TPSA) is 97.8 Å². The van der Waals surface area contributed by atoms with Crippen LogP contribution in [0.4, 0.5) is 5.13 Å². The summed E-state index contributed by atoms with van der Waals surface area (Å²) in [6.45, 7) is 1.53. The van der Waals surface area contributed by atoms with Crippen LogP contribution in [0.3, 0.4) is 0 Å². The maximum atomic E-state index is 12.7. The summed E-state index contributed by atoms with van der Waals surface area (Å²) in [7, 11) is -1.94. The number of sulfonamides is 1. The fourth-order valence-corrected chi connectivity index (χ4v) is 5.43. The second-order valence-corrected chi connectivity index (χ2v) is 9.95. The van der Waals surface area contributed by atoms with E-state index in [-0.39, 0.29) is 17.2 Å². The van der Waals surface area contributed by atoms with Crippen molar-refractivity contribution in [2.24, 2.45) is 0 Å². The summed E-state index contributed by atoms with van der Waals surface area (Å²) in [4.78, 5) is 17.0. The van der Waals surface area contributed by atoms with E-state index in [1.54, 1.807) is 31.4 Å². The Balaban J connectivity index is 1.40. The second-order valence-electron chi connectivity index (χ2n) is 7.15. The average Bonchev–Trinajstić information content (AvgIpc) is 3.28. The zero-order valence-corrected chi connectivity index (χ0v) is 19.1. The third kappa shape index (κ3) is 5.16. The van der Waals surface area contributed by atoms with Gasteiger partial charge in [0, 0.05) is 24.0 Å². The van der Waals surface area contributed by atoms with Gasteiger partial charge in [-0.1, -0.05) is 24.3 Å². The zero-order chi connectivity index (χ0) is 22.6. The molecule has 32 heavy (non-hydrogen) atoms. The normalized spacial score (nSPS) is 14.8. The van der Waals surface area contributed by atoms with Crippen LogP contribution in [0.25, 0.3) is 11.3 Å². The first-order valence-electron chi connectivity index (χ1n) is 10.0. The molecule has 0 bridgehead atoms. The number of methoxy groups -OCH3 is 1. The van der Waals surface area contributed by atoms with Crippen molar-refractivity contribution in [3.8, 4) is 17.0 Å². The summed E-state index contributed by atoms with van der Waals surface area (Å²) in [5.41, 5.74) is 2.32. The number of thiazole rings is 1. The van der Waals surface area contributed by atoms with Crippen molar-refractivity contribution >= 4 is 32.4 Å². The smallest absolute Gasteiger partial charge is 0.243 e. The largest absolute Gasteiger partial charge is 0.497 e. The number of benzene rings is 2. The number of nitrogens with zero attached hydrogens (tertiary/aromatic N) is 2. The highest BCUT2D eigenvalue weighted by molar-refractivity contribution is 7.89. The van der Waals surface area contributed by atoms with Crippen molar-refractivity contribution in [1.29, 1.82) is 0 Å². The minimum atomic E-state index is -3.54. The fourth-order valence-electron chi connectivity index (χ4n) is 3.29. The molecule has 0 saturated carbocycles. The van der Waals surface area contributed by atoms with Gasteiger partial charge in [-0.15, -0.1) is 11.3 Å². The minimum absolute atomic E-state index is 0.164. The molecular weight excluding hydrogens is 450 g/mol. The van der Waals surface area contributed by atoms with E-state index in [1.165, 1.54) is 15.6 Å². The first kappa shape index (κ1) is 22.4. The minimum Gasteiger partial charge on any atom is -0.497 e. The van der Waals surface area contributed by atoms with Crippen LogP contribution in [-0.2, 0) is 26.0 Å². The van der Waals surface area contributed by atoms with Crippen molar-refractivity contribution in [1.82, 2.24) is 9.29 Å². The predicted octanol–water partition coefficient (Wildman–Crippen LogP) is 3.02. The van der Waals surface area contributed by atoms with Gasteiger partial charge in [-0.25, -0.2) is 13.4 Å². The number of rotatable bonds is 7. The average molecular weight is 474 g/mol. The van der Waals surface area contributed by atoms with Gasteiger partial charge >= 0.3 is 0 Å². The van der Waals surface area contributed by atoms with Crippen LogP contribution in [0.5, 0.6) is 5.75 Å². The highest BCUT2D eigenvalue weighted by Crippen LogP contribution is 2.27. The zero-order valence-electron chi connectivity index (χ0n) is 17.5. The van der Waals surface area contributed by atoms with Crippen LogP contribution in [0.1, 0.15) is 5.56 Å². The summed E-state index contributed by atoms with van der Waals surface area (Å²) >= 11 is 1.32. The maximum absolute atomic E-state index is 12.7. The van der Waals surface area contributed by atoms with Crippen molar-refractivity contribution in [3.05, 3.63) is 59.5 Å². The third-order valence-corrected chi connectivity index (χ3v) is 7.70. The van der Waals surface area contributed by atoms with Gasteiger partial charge in [0.2, 0.25) is 15.9 Å². The molecule has 0 unspecified atom stereocenters. The molecule has 8 nitrogen and oxygen atoms in total. The van der Waals surface area contributed by atoms with E-state index in [2.05, 4.69) is 10.3 Å². The summed E-state index contributed by atoms with van der Waals surface area (Å²) < 4.78 is 37.3. The molecule has 1 aromatic heterocycles. The highest BCUT2D eigenvalue weighted by Gasteiger charge is 2.26. The Labute approximate surface area is 190 Å². The molecule has 0 atom stereocenters. The number of anilines is 1. The predicted molar refractivity (Wildman–Crippen MR) is 122 cm³/mol. The van der Waals surface area contributed by atoms with E-state index >= 15 is 0 Å². The Morgan fingerprint density at radius 1 is 1.12 bits per heavy atom. The molecule has 4 rings (SSSR count). The number of carbonyl (C=O) groups is 1. The van der Waals surface area contributed by atoms with E-state index in [9.17, 15) is 13.2 Å². The molecule has 1 fully saturated rings. The molecule has 0 radical (unpaired) electrons. The summed E-state index contributed by atoms with van der Waals surface area (Å²) in [6.07, 6.45) is 0.229. The first-order valence-corrected chi connectivity index (χ1v) is 12.3.